The van der Waals surface area contributed by atoms with Gasteiger partial charge in [-0.1, -0.05) is 50.4 Å². The average Bonchev–Trinajstić information content (AvgIpc) is 2.55. The summed E-state index contributed by atoms with van der Waals surface area (Å²) in [5.74, 6) is 0.258. The van der Waals surface area contributed by atoms with Crippen LogP contribution in [-0.2, 0) is 14.3 Å². The van der Waals surface area contributed by atoms with Gasteiger partial charge in [0.25, 0.3) is 5.91 Å². The van der Waals surface area contributed by atoms with Gasteiger partial charge < -0.3 is 10.1 Å². The summed E-state index contributed by atoms with van der Waals surface area (Å²) in [6.45, 7) is 4.12. The molecule has 2 rings (SSSR count). The molecular formula is C19H24ClNO3. The molecule has 1 aromatic rings. The lowest BCUT2D eigenvalue weighted by atomic mass is 9.78. The molecule has 5 heteroatoms. The van der Waals surface area contributed by atoms with E-state index in [-0.39, 0.29) is 18.6 Å². The summed E-state index contributed by atoms with van der Waals surface area (Å²) in [6, 6.07) is 7.29. The highest BCUT2D eigenvalue weighted by Gasteiger charge is 2.28. The Labute approximate surface area is 148 Å². The largest absolute Gasteiger partial charge is 0.452 e. The molecule has 0 unspecified atom stereocenters. The molecule has 0 radical (unpaired) electrons. The maximum absolute atomic E-state index is 12.0. The molecule has 0 aromatic heterocycles. The summed E-state index contributed by atoms with van der Waals surface area (Å²) >= 11 is 5.87. The van der Waals surface area contributed by atoms with Gasteiger partial charge >= 0.3 is 5.97 Å². The molecule has 3 atom stereocenters. The lowest BCUT2D eigenvalue weighted by molar-refractivity contribution is -0.144. The quantitative estimate of drug-likeness (QED) is 0.649. The van der Waals surface area contributed by atoms with Crippen LogP contribution in [-0.4, -0.2) is 24.5 Å². The Hall–Kier alpha value is -1.81. The number of esters is 1. The van der Waals surface area contributed by atoms with Crippen LogP contribution in [0.25, 0.3) is 6.08 Å². The lowest BCUT2D eigenvalue weighted by Crippen LogP contribution is -2.45. The van der Waals surface area contributed by atoms with Crippen LogP contribution in [0.1, 0.15) is 38.7 Å². The van der Waals surface area contributed by atoms with Crippen molar-refractivity contribution in [1.82, 2.24) is 5.32 Å². The molecule has 1 N–H and O–H groups in total. The first kappa shape index (κ1) is 18.5. The Morgan fingerprint density at radius 1 is 1.33 bits per heavy atom. The maximum Gasteiger partial charge on any atom is 0.331 e. The van der Waals surface area contributed by atoms with E-state index in [1.165, 1.54) is 12.5 Å². The fourth-order valence-corrected chi connectivity index (χ4v) is 3.19. The monoisotopic (exact) mass is 349 g/mol. The average molecular weight is 350 g/mol. The summed E-state index contributed by atoms with van der Waals surface area (Å²) in [5, 5.41) is 3.58. The van der Waals surface area contributed by atoms with Gasteiger partial charge in [-0.15, -0.1) is 0 Å². The van der Waals surface area contributed by atoms with E-state index < -0.39 is 5.97 Å². The minimum absolute atomic E-state index is 0.168. The van der Waals surface area contributed by atoms with E-state index in [1.807, 2.05) is 6.07 Å². The third-order valence-corrected chi connectivity index (χ3v) is 4.89. The molecular weight excluding hydrogens is 326 g/mol. The van der Waals surface area contributed by atoms with Crippen molar-refractivity contribution in [3.63, 3.8) is 0 Å². The van der Waals surface area contributed by atoms with Gasteiger partial charge in [-0.25, -0.2) is 4.79 Å². The van der Waals surface area contributed by atoms with Crippen LogP contribution in [0.4, 0.5) is 0 Å². The summed E-state index contributed by atoms with van der Waals surface area (Å²) in [4.78, 5) is 23.6. The molecule has 0 spiro atoms. The number of hydrogen-bond donors (Lipinski definition) is 1. The lowest BCUT2D eigenvalue weighted by Gasteiger charge is -2.34. The molecule has 0 bridgehead atoms. The third kappa shape index (κ3) is 5.68. The zero-order valence-electron chi connectivity index (χ0n) is 14.1. The van der Waals surface area contributed by atoms with Gasteiger partial charge in [0.15, 0.2) is 6.61 Å². The van der Waals surface area contributed by atoms with Crippen LogP contribution in [0.2, 0.25) is 5.02 Å². The second-order valence-corrected chi connectivity index (χ2v) is 6.87. The Morgan fingerprint density at radius 3 is 2.88 bits per heavy atom. The van der Waals surface area contributed by atoms with E-state index >= 15 is 0 Å². The fourth-order valence-electron chi connectivity index (χ4n) is 2.99. The van der Waals surface area contributed by atoms with E-state index in [0.29, 0.717) is 16.9 Å². The van der Waals surface area contributed by atoms with E-state index in [1.54, 1.807) is 24.3 Å². The summed E-state index contributed by atoms with van der Waals surface area (Å²) in [5.41, 5.74) is 0.800. The molecule has 0 heterocycles. The zero-order chi connectivity index (χ0) is 17.5. The number of halogens is 1. The van der Waals surface area contributed by atoms with E-state index in [4.69, 9.17) is 16.3 Å². The van der Waals surface area contributed by atoms with Gasteiger partial charge in [-0.3, -0.25) is 4.79 Å². The van der Waals surface area contributed by atoms with Crippen LogP contribution in [0, 0.1) is 11.8 Å². The Kier molecular flexibility index (Phi) is 6.85. The second-order valence-electron chi connectivity index (χ2n) is 6.44. The number of hydrogen-bond acceptors (Lipinski definition) is 3. The minimum Gasteiger partial charge on any atom is -0.452 e. The first-order valence-electron chi connectivity index (χ1n) is 8.35. The minimum atomic E-state index is -0.546. The first-order chi connectivity index (χ1) is 11.5. The van der Waals surface area contributed by atoms with Crippen LogP contribution in [0.3, 0.4) is 0 Å². The van der Waals surface area contributed by atoms with E-state index in [9.17, 15) is 9.59 Å². The molecule has 1 saturated carbocycles. The van der Waals surface area contributed by atoms with Crippen LogP contribution in [0.15, 0.2) is 30.3 Å². The van der Waals surface area contributed by atoms with Crippen molar-refractivity contribution in [3.8, 4) is 0 Å². The van der Waals surface area contributed by atoms with Crippen molar-refractivity contribution in [2.45, 2.75) is 39.2 Å². The number of amides is 1. The van der Waals surface area contributed by atoms with Crippen LogP contribution < -0.4 is 5.32 Å². The number of rotatable bonds is 5. The van der Waals surface area contributed by atoms with Crippen LogP contribution in [0.5, 0.6) is 0 Å². The summed E-state index contributed by atoms with van der Waals surface area (Å²) < 4.78 is 4.99. The number of nitrogens with one attached hydrogen (secondary N) is 1. The van der Waals surface area contributed by atoms with Crippen molar-refractivity contribution < 1.29 is 14.3 Å². The van der Waals surface area contributed by atoms with Crippen LogP contribution >= 0.6 is 11.6 Å². The highest BCUT2D eigenvalue weighted by molar-refractivity contribution is 6.30. The molecule has 0 saturated heterocycles. The van der Waals surface area contributed by atoms with Crippen molar-refractivity contribution in [2.24, 2.45) is 11.8 Å². The number of benzene rings is 1. The standard InChI is InChI=1S/C19H24ClNO3/c1-13-5-3-8-17(14(13)2)21-18(22)12-24-19(23)10-9-15-6-4-7-16(20)11-15/h4,6-7,9-11,13-14,17H,3,5,8,12H2,1-2H3,(H,21,22)/b10-9+/t13-,14+,17-/m0/s1. The van der Waals surface area contributed by atoms with Crippen molar-refractivity contribution in [1.29, 1.82) is 0 Å². The molecule has 1 amide bonds. The number of ether oxygens (including phenoxy) is 1. The Bertz CT molecular complexity index is 614. The molecule has 4 nitrogen and oxygen atoms in total. The van der Waals surface area contributed by atoms with Crippen molar-refractivity contribution in [3.05, 3.63) is 40.9 Å². The molecule has 1 fully saturated rings. The van der Waals surface area contributed by atoms with E-state index in [2.05, 4.69) is 19.2 Å². The van der Waals surface area contributed by atoms with Crippen molar-refractivity contribution in [2.75, 3.05) is 6.61 Å². The number of carbonyl (C=O) groups is 2. The maximum atomic E-state index is 12.0. The molecule has 1 aliphatic carbocycles. The van der Waals surface area contributed by atoms with Gasteiger partial charge in [0.2, 0.25) is 0 Å². The first-order valence-corrected chi connectivity index (χ1v) is 8.73. The highest BCUT2D eigenvalue weighted by Crippen LogP contribution is 2.29. The fraction of sp³-hybridized carbons (Fsp3) is 0.474. The second kappa shape index (κ2) is 8.88. The smallest absolute Gasteiger partial charge is 0.331 e. The summed E-state index contributed by atoms with van der Waals surface area (Å²) in [6.07, 6.45) is 6.22. The Morgan fingerprint density at radius 2 is 2.12 bits per heavy atom. The van der Waals surface area contributed by atoms with Gasteiger partial charge in [0, 0.05) is 17.1 Å². The number of carbonyl (C=O) groups excluding carboxylic acids is 2. The topological polar surface area (TPSA) is 55.4 Å². The summed E-state index contributed by atoms with van der Waals surface area (Å²) in [7, 11) is 0. The Balaban J connectivity index is 1.76. The van der Waals surface area contributed by atoms with Gasteiger partial charge in [-0.05, 0) is 42.0 Å². The normalized spacial score (nSPS) is 23.9. The SMILES string of the molecule is C[C@H]1[C@@H](NC(=O)COC(=O)/C=C/c2cccc(Cl)c2)CCC[C@@H]1C. The third-order valence-electron chi connectivity index (χ3n) is 4.66. The highest BCUT2D eigenvalue weighted by atomic mass is 35.5. The molecule has 24 heavy (non-hydrogen) atoms. The van der Waals surface area contributed by atoms with Crippen molar-refractivity contribution >= 4 is 29.6 Å². The zero-order valence-corrected chi connectivity index (χ0v) is 14.9. The predicted molar refractivity (Wildman–Crippen MR) is 95.6 cm³/mol. The van der Waals surface area contributed by atoms with Gasteiger partial charge in [-0.2, -0.15) is 0 Å². The molecule has 1 aromatic carbocycles. The van der Waals surface area contributed by atoms with Gasteiger partial charge in [0.1, 0.15) is 0 Å². The molecule has 130 valence electrons. The van der Waals surface area contributed by atoms with Gasteiger partial charge in [0.05, 0.1) is 0 Å². The molecule has 0 aliphatic heterocycles. The predicted octanol–water partition coefficient (Wildman–Crippen LogP) is 3.84. The van der Waals surface area contributed by atoms with E-state index in [0.717, 1.165) is 18.4 Å². The molecule has 1 aliphatic rings.